The first-order valence-corrected chi connectivity index (χ1v) is 7.50. The van der Waals surface area contributed by atoms with Crippen LogP contribution in [0.25, 0.3) is 0 Å². The number of aliphatic carboxylic acids is 1. The Morgan fingerprint density at radius 3 is 2.91 bits per heavy atom. The summed E-state index contributed by atoms with van der Waals surface area (Å²) in [5.41, 5.74) is 0. The number of hydrogen-bond donors (Lipinski definition) is 2. The molecule has 2 rings (SSSR count). The van der Waals surface area contributed by atoms with Gasteiger partial charge in [0.25, 0.3) is 5.91 Å². The second-order valence-electron chi connectivity index (χ2n) is 5.22. The fourth-order valence-electron chi connectivity index (χ4n) is 2.47. The van der Waals surface area contributed by atoms with Gasteiger partial charge in [0.05, 0.1) is 0 Å². The van der Waals surface area contributed by atoms with Crippen molar-refractivity contribution in [3.63, 3.8) is 0 Å². The van der Waals surface area contributed by atoms with Crippen LogP contribution in [0.5, 0.6) is 5.75 Å². The number of benzene rings is 1. The number of rotatable bonds is 6. The molecule has 7 heteroatoms. The van der Waals surface area contributed by atoms with Gasteiger partial charge in [-0.2, -0.15) is 0 Å². The van der Waals surface area contributed by atoms with Crippen LogP contribution in [-0.2, 0) is 9.59 Å². The van der Waals surface area contributed by atoms with Gasteiger partial charge in [-0.15, -0.1) is 0 Å². The van der Waals surface area contributed by atoms with Crippen LogP contribution < -0.4 is 10.1 Å². The molecule has 1 aliphatic rings. The summed E-state index contributed by atoms with van der Waals surface area (Å²) in [5, 5.41) is 12.7. The molecule has 1 aromatic carbocycles. The van der Waals surface area contributed by atoms with Gasteiger partial charge in [-0.1, -0.05) is 17.7 Å². The van der Waals surface area contributed by atoms with Crippen molar-refractivity contribution in [2.75, 3.05) is 19.6 Å². The van der Waals surface area contributed by atoms with Gasteiger partial charge in [-0.3, -0.25) is 9.59 Å². The number of carbonyl (C=O) groups is 2. The molecule has 1 amide bonds. The second kappa shape index (κ2) is 7.47. The Kier molecular flexibility index (Phi) is 5.63. The van der Waals surface area contributed by atoms with E-state index in [2.05, 4.69) is 5.32 Å². The molecule has 0 spiro atoms. The molecule has 0 saturated carbocycles. The number of amides is 1. The predicted octanol–water partition coefficient (Wildman–Crippen LogP) is 1.38. The van der Waals surface area contributed by atoms with Gasteiger partial charge in [0, 0.05) is 17.6 Å². The lowest BCUT2D eigenvalue weighted by Gasteiger charge is -2.29. The summed E-state index contributed by atoms with van der Waals surface area (Å²) in [7, 11) is 0. The van der Waals surface area contributed by atoms with Crippen LogP contribution in [0.1, 0.15) is 13.3 Å². The third-order valence-corrected chi connectivity index (χ3v) is 3.76. The number of halogens is 1. The number of hydrogen-bond acceptors (Lipinski definition) is 4. The summed E-state index contributed by atoms with van der Waals surface area (Å²) in [6, 6.07) is 6.64. The lowest BCUT2D eigenvalue weighted by atomic mass is 10.2. The highest BCUT2D eigenvalue weighted by Gasteiger charge is 2.31. The van der Waals surface area contributed by atoms with Crippen LogP contribution >= 0.6 is 11.6 Å². The molecule has 1 aliphatic heterocycles. The summed E-state index contributed by atoms with van der Waals surface area (Å²) in [6.07, 6.45) is -0.0403. The highest BCUT2D eigenvalue weighted by molar-refractivity contribution is 6.30. The third-order valence-electron chi connectivity index (χ3n) is 3.52. The van der Waals surface area contributed by atoms with Crippen molar-refractivity contribution in [2.45, 2.75) is 25.5 Å². The highest BCUT2D eigenvalue weighted by Crippen LogP contribution is 2.19. The normalized spacial score (nSPS) is 18.7. The van der Waals surface area contributed by atoms with Crippen LogP contribution in [0, 0.1) is 0 Å². The second-order valence-corrected chi connectivity index (χ2v) is 5.66. The van der Waals surface area contributed by atoms with E-state index in [9.17, 15) is 9.59 Å². The summed E-state index contributed by atoms with van der Waals surface area (Å²) in [6.45, 7) is 2.66. The monoisotopic (exact) mass is 326 g/mol. The van der Waals surface area contributed by atoms with E-state index in [0.717, 1.165) is 13.0 Å². The van der Waals surface area contributed by atoms with Crippen molar-refractivity contribution < 1.29 is 19.4 Å². The molecule has 0 aliphatic carbocycles. The standard InChI is InChI=1S/C15H19ClN2O4/c1-10(22-13-4-2-3-11(16)7-13)15(21)18(9-14(19)20)12-5-6-17-8-12/h2-4,7,10,12,17H,5-6,8-9H2,1H3,(H,19,20). The van der Waals surface area contributed by atoms with Gasteiger partial charge in [-0.05, 0) is 38.1 Å². The van der Waals surface area contributed by atoms with E-state index in [1.807, 2.05) is 0 Å². The Morgan fingerprint density at radius 1 is 1.55 bits per heavy atom. The summed E-state index contributed by atoms with van der Waals surface area (Å²) >= 11 is 5.88. The van der Waals surface area contributed by atoms with E-state index >= 15 is 0 Å². The molecule has 1 fully saturated rings. The average Bonchev–Trinajstić information content (AvgIpc) is 2.97. The molecule has 0 radical (unpaired) electrons. The lowest BCUT2D eigenvalue weighted by Crippen LogP contribution is -2.49. The van der Waals surface area contributed by atoms with Gasteiger partial charge in [0.1, 0.15) is 12.3 Å². The Morgan fingerprint density at radius 2 is 2.32 bits per heavy atom. The molecule has 1 aromatic rings. The molecule has 22 heavy (non-hydrogen) atoms. The fraction of sp³-hybridized carbons (Fsp3) is 0.467. The molecular weight excluding hydrogens is 308 g/mol. The van der Waals surface area contributed by atoms with Gasteiger partial charge < -0.3 is 20.1 Å². The fourth-order valence-corrected chi connectivity index (χ4v) is 2.65. The van der Waals surface area contributed by atoms with Crippen molar-refractivity contribution in [1.29, 1.82) is 0 Å². The average molecular weight is 327 g/mol. The van der Waals surface area contributed by atoms with Crippen molar-refractivity contribution in [2.24, 2.45) is 0 Å². The lowest BCUT2D eigenvalue weighted by molar-refractivity contribution is -0.149. The van der Waals surface area contributed by atoms with E-state index in [4.69, 9.17) is 21.4 Å². The Labute approximate surface area is 134 Å². The van der Waals surface area contributed by atoms with Gasteiger partial charge >= 0.3 is 5.97 Å². The number of nitrogens with one attached hydrogen (secondary N) is 1. The van der Waals surface area contributed by atoms with Crippen LogP contribution in [0.2, 0.25) is 5.02 Å². The Balaban J connectivity index is 2.06. The van der Waals surface area contributed by atoms with Crippen LogP contribution in [0.15, 0.2) is 24.3 Å². The molecule has 0 aromatic heterocycles. The Hall–Kier alpha value is -1.79. The first-order chi connectivity index (χ1) is 10.5. The Bertz CT molecular complexity index is 546. The van der Waals surface area contributed by atoms with Crippen LogP contribution in [-0.4, -0.2) is 53.7 Å². The summed E-state index contributed by atoms with van der Waals surface area (Å²) < 4.78 is 5.59. The number of carboxylic acids is 1. The van der Waals surface area contributed by atoms with Crippen molar-refractivity contribution >= 4 is 23.5 Å². The van der Waals surface area contributed by atoms with Crippen molar-refractivity contribution in [1.82, 2.24) is 10.2 Å². The molecule has 2 atom stereocenters. The minimum absolute atomic E-state index is 0.117. The SMILES string of the molecule is CC(Oc1cccc(Cl)c1)C(=O)N(CC(=O)O)C1CCNC1. The van der Waals surface area contributed by atoms with Gasteiger partial charge in [0.15, 0.2) is 6.10 Å². The van der Waals surface area contributed by atoms with E-state index < -0.39 is 12.1 Å². The summed E-state index contributed by atoms with van der Waals surface area (Å²) in [5.74, 6) is -0.889. The number of carbonyl (C=O) groups excluding carboxylic acids is 1. The predicted molar refractivity (Wildman–Crippen MR) is 82.2 cm³/mol. The van der Waals surface area contributed by atoms with Crippen molar-refractivity contribution in [3.8, 4) is 5.75 Å². The number of carboxylic acid groups (broad SMARTS) is 1. The number of nitrogens with zero attached hydrogens (tertiary/aromatic N) is 1. The smallest absolute Gasteiger partial charge is 0.323 e. The minimum atomic E-state index is -1.03. The van der Waals surface area contributed by atoms with Gasteiger partial charge in [-0.25, -0.2) is 0 Å². The maximum absolute atomic E-state index is 12.5. The molecule has 120 valence electrons. The molecule has 2 unspecified atom stereocenters. The minimum Gasteiger partial charge on any atom is -0.481 e. The van der Waals surface area contributed by atoms with E-state index in [1.54, 1.807) is 31.2 Å². The topological polar surface area (TPSA) is 78.9 Å². The zero-order valence-corrected chi connectivity index (χ0v) is 13.0. The first kappa shape index (κ1) is 16.6. The third kappa shape index (κ3) is 4.35. The van der Waals surface area contributed by atoms with Crippen molar-refractivity contribution in [3.05, 3.63) is 29.3 Å². The van der Waals surface area contributed by atoms with E-state index in [1.165, 1.54) is 4.90 Å². The van der Waals surface area contributed by atoms with Gasteiger partial charge in [0.2, 0.25) is 0 Å². The summed E-state index contributed by atoms with van der Waals surface area (Å²) in [4.78, 5) is 24.9. The zero-order chi connectivity index (χ0) is 16.1. The highest BCUT2D eigenvalue weighted by atomic mass is 35.5. The zero-order valence-electron chi connectivity index (χ0n) is 12.3. The molecule has 1 saturated heterocycles. The quantitative estimate of drug-likeness (QED) is 0.825. The molecule has 1 heterocycles. The van der Waals surface area contributed by atoms with E-state index in [0.29, 0.717) is 17.3 Å². The maximum atomic E-state index is 12.5. The molecule has 6 nitrogen and oxygen atoms in total. The largest absolute Gasteiger partial charge is 0.481 e. The van der Waals surface area contributed by atoms with E-state index in [-0.39, 0.29) is 18.5 Å². The van der Waals surface area contributed by atoms with Crippen LogP contribution in [0.3, 0.4) is 0 Å². The molecule has 0 bridgehead atoms. The first-order valence-electron chi connectivity index (χ1n) is 7.12. The molecule has 2 N–H and O–H groups in total. The van der Waals surface area contributed by atoms with Crippen LogP contribution in [0.4, 0.5) is 0 Å². The number of ether oxygens (including phenoxy) is 1. The molecular formula is C15H19ClN2O4. The maximum Gasteiger partial charge on any atom is 0.323 e.